The maximum absolute atomic E-state index is 11.9. The Bertz CT molecular complexity index is 680. The van der Waals surface area contributed by atoms with Crippen molar-refractivity contribution in [1.82, 2.24) is 4.98 Å². The minimum atomic E-state index is -0.574. The van der Waals surface area contributed by atoms with E-state index in [4.69, 9.17) is 16.3 Å². The fourth-order valence-electron chi connectivity index (χ4n) is 1.69. The maximum atomic E-state index is 11.9. The Morgan fingerprint density at radius 1 is 1.45 bits per heavy atom. The molecule has 2 aromatic rings. The number of aromatic nitrogens is 1. The molecule has 0 aliphatic heterocycles. The molecule has 0 saturated heterocycles. The van der Waals surface area contributed by atoms with Crippen molar-refractivity contribution in [3.63, 3.8) is 0 Å². The molecule has 0 saturated carbocycles. The first kappa shape index (κ1) is 16.6. The van der Waals surface area contributed by atoms with Crippen molar-refractivity contribution in [2.24, 2.45) is 0 Å². The molecule has 0 fully saturated rings. The average Bonchev–Trinajstić information content (AvgIpc) is 2.81. The van der Waals surface area contributed by atoms with Gasteiger partial charge in [-0.25, -0.2) is 9.78 Å². The van der Waals surface area contributed by atoms with E-state index < -0.39 is 11.6 Å². The number of ether oxygens (including phenoxy) is 1. The van der Waals surface area contributed by atoms with Crippen LogP contribution in [0.2, 0.25) is 4.47 Å². The van der Waals surface area contributed by atoms with E-state index >= 15 is 0 Å². The lowest BCUT2D eigenvalue weighted by Gasteiger charge is -2.19. The number of anilines is 1. The normalized spacial score (nSPS) is 11.3. The van der Waals surface area contributed by atoms with Gasteiger partial charge in [0.2, 0.25) is 0 Å². The number of thiazole rings is 1. The molecule has 2 N–H and O–H groups in total. The van der Waals surface area contributed by atoms with Gasteiger partial charge in [0.25, 0.3) is 0 Å². The fourth-order valence-corrected chi connectivity index (χ4v) is 2.61. The van der Waals surface area contributed by atoms with Gasteiger partial charge >= 0.3 is 5.97 Å². The molecule has 0 unspecified atom stereocenters. The second-order valence-electron chi connectivity index (χ2n) is 5.67. The Hall–Kier alpha value is -1.79. The molecule has 0 amide bonds. The zero-order valence-corrected chi connectivity index (χ0v) is 14.1. The lowest BCUT2D eigenvalue weighted by Crippen LogP contribution is -2.23. The number of rotatable bonds is 4. The SMILES string of the molecule is CC(C)(C)OC(=O)c1ccc(NCc2cnc(Cl)s2)c(O)c1. The molecule has 7 heteroatoms. The van der Waals surface area contributed by atoms with Crippen LogP contribution in [0.3, 0.4) is 0 Å². The number of nitrogens with one attached hydrogen (secondary N) is 1. The molecule has 2 rings (SSSR count). The highest BCUT2D eigenvalue weighted by Crippen LogP contribution is 2.27. The number of benzene rings is 1. The Morgan fingerprint density at radius 3 is 2.73 bits per heavy atom. The van der Waals surface area contributed by atoms with E-state index in [1.165, 1.54) is 17.4 Å². The van der Waals surface area contributed by atoms with Crippen LogP contribution < -0.4 is 5.32 Å². The third-order valence-corrected chi connectivity index (χ3v) is 3.73. The zero-order chi connectivity index (χ0) is 16.3. The molecule has 1 aromatic carbocycles. The number of nitrogens with zero attached hydrogens (tertiary/aromatic N) is 1. The highest BCUT2D eigenvalue weighted by Gasteiger charge is 2.18. The summed E-state index contributed by atoms with van der Waals surface area (Å²) in [4.78, 5) is 16.8. The zero-order valence-electron chi connectivity index (χ0n) is 12.5. The number of hydrogen-bond acceptors (Lipinski definition) is 6. The molecule has 1 heterocycles. The molecule has 1 aromatic heterocycles. The van der Waals surface area contributed by atoms with Gasteiger partial charge in [-0.15, -0.1) is 11.3 Å². The van der Waals surface area contributed by atoms with Gasteiger partial charge in [0.1, 0.15) is 11.4 Å². The number of hydrogen-bond donors (Lipinski definition) is 2. The maximum Gasteiger partial charge on any atom is 0.338 e. The van der Waals surface area contributed by atoms with E-state index in [9.17, 15) is 9.90 Å². The van der Waals surface area contributed by atoms with Crippen LogP contribution in [0, 0.1) is 0 Å². The largest absolute Gasteiger partial charge is 0.506 e. The Morgan fingerprint density at radius 2 is 2.18 bits per heavy atom. The van der Waals surface area contributed by atoms with Gasteiger partial charge in [-0.05, 0) is 39.0 Å². The van der Waals surface area contributed by atoms with Crippen molar-refractivity contribution in [1.29, 1.82) is 0 Å². The first-order valence-corrected chi connectivity index (χ1v) is 7.84. The Kier molecular flexibility index (Phi) is 4.93. The molecule has 0 atom stereocenters. The van der Waals surface area contributed by atoms with E-state index in [1.807, 2.05) is 0 Å². The van der Waals surface area contributed by atoms with Gasteiger partial charge in [0.05, 0.1) is 17.8 Å². The van der Waals surface area contributed by atoms with Crippen LogP contribution in [0.1, 0.15) is 36.0 Å². The summed E-state index contributed by atoms with van der Waals surface area (Å²) in [6.07, 6.45) is 1.67. The van der Waals surface area contributed by atoms with Crippen molar-refractivity contribution < 1.29 is 14.6 Å². The van der Waals surface area contributed by atoms with Gasteiger partial charge < -0.3 is 15.2 Å². The molecular formula is C15H17ClN2O3S. The highest BCUT2D eigenvalue weighted by atomic mass is 35.5. The molecule has 0 aliphatic rings. The Labute approximate surface area is 137 Å². The number of halogens is 1. The number of aromatic hydroxyl groups is 1. The third kappa shape index (κ3) is 4.61. The number of carbonyl (C=O) groups is 1. The number of carbonyl (C=O) groups excluding carboxylic acids is 1. The first-order valence-electron chi connectivity index (χ1n) is 6.65. The van der Waals surface area contributed by atoms with Crippen LogP contribution in [0.5, 0.6) is 5.75 Å². The van der Waals surface area contributed by atoms with Crippen molar-refractivity contribution in [3.8, 4) is 5.75 Å². The second-order valence-corrected chi connectivity index (χ2v) is 7.36. The summed E-state index contributed by atoms with van der Waals surface area (Å²) in [5.74, 6) is -0.484. The Balaban J connectivity index is 2.04. The minimum absolute atomic E-state index is 0.0148. The van der Waals surface area contributed by atoms with Gasteiger partial charge in [-0.2, -0.15) is 0 Å². The monoisotopic (exact) mass is 340 g/mol. The van der Waals surface area contributed by atoms with E-state index in [-0.39, 0.29) is 5.75 Å². The molecule has 118 valence electrons. The lowest BCUT2D eigenvalue weighted by atomic mass is 10.1. The summed E-state index contributed by atoms with van der Waals surface area (Å²) in [7, 11) is 0. The van der Waals surface area contributed by atoms with E-state index in [0.717, 1.165) is 4.88 Å². The van der Waals surface area contributed by atoms with Crippen molar-refractivity contribution in [2.75, 3.05) is 5.32 Å². The smallest absolute Gasteiger partial charge is 0.338 e. The fraction of sp³-hybridized carbons (Fsp3) is 0.333. The predicted molar refractivity (Wildman–Crippen MR) is 87.7 cm³/mol. The molecular weight excluding hydrogens is 324 g/mol. The molecule has 0 aliphatic carbocycles. The van der Waals surface area contributed by atoms with Crippen LogP contribution in [0.4, 0.5) is 5.69 Å². The van der Waals surface area contributed by atoms with Crippen LogP contribution in [0.25, 0.3) is 0 Å². The quantitative estimate of drug-likeness (QED) is 0.648. The first-order chi connectivity index (χ1) is 10.2. The molecule has 0 bridgehead atoms. The van der Waals surface area contributed by atoms with Gasteiger partial charge in [-0.3, -0.25) is 0 Å². The van der Waals surface area contributed by atoms with Crippen molar-refractivity contribution >= 4 is 34.6 Å². The number of esters is 1. The topological polar surface area (TPSA) is 71.5 Å². The summed E-state index contributed by atoms with van der Waals surface area (Å²) in [6, 6.07) is 4.63. The number of phenolic OH excluding ortho intramolecular Hbond substituents is 1. The summed E-state index contributed by atoms with van der Waals surface area (Å²) in [6.45, 7) is 5.87. The molecule has 5 nitrogen and oxygen atoms in total. The van der Waals surface area contributed by atoms with Crippen LogP contribution >= 0.6 is 22.9 Å². The van der Waals surface area contributed by atoms with Gasteiger partial charge in [0, 0.05) is 11.1 Å². The summed E-state index contributed by atoms with van der Waals surface area (Å²) >= 11 is 7.12. The highest BCUT2D eigenvalue weighted by molar-refractivity contribution is 7.15. The summed E-state index contributed by atoms with van der Waals surface area (Å²) in [5.41, 5.74) is 0.255. The lowest BCUT2D eigenvalue weighted by molar-refractivity contribution is 0.00692. The van der Waals surface area contributed by atoms with Gasteiger partial charge in [0.15, 0.2) is 4.47 Å². The molecule has 0 spiro atoms. The average molecular weight is 341 g/mol. The molecule has 22 heavy (non-hydrogen) atoms. The standard InChI is InChI=1S/C15H17ClN2O3S/c1-15(2,3)21-13(20)9-4-5-11(12(19)6-9)17-7-10-8-18-14(16)22-10/h4-6,8,17,19H,7H2,1-3H3. The van der Waals surface area contributed by atoms with E-state index in [0.29, 0.717) is 22.3 Å². The summed E-state index contributed by atoms with van der Waals surface area (Å²) < 4.78 is 5.73. The van der Waals surface area contributed by atoms with E-state index in [2.05, 4.69) is 10.3 Å². The van der Waals surface area contributed by atoms with Crippen LogP contribution in [-0.2, 0) is 11.3 Å². The van der Waals surface area contributed by atoms with Crippen molar-refractivity contribution in [2.45, 2.75) is 32.9 Å². The third-order valence-electron chi connectivity index (χ3n) is 2.61. The van der Waals surface area contributed by atoms with Crippen LogP contribution in [0.15, 0.2) is 24.4 Å². The second kappa shape index (κ2) is 6.54. The summed E-state index contributed by atoms with van der Waals surface area (Å²) in [5, 5.41) is 13.1. The van der Waals surface area contributed by atoms with Crippen LogP contribution in [-0.4, -0.2) is 21.7 Å². The van der Waals surface area contributed by atoms with E-state index in [1.54, 1.807) is 39.1 Å². The van der Waals surface area contributed by atoms with Crippen molar-refractivity contribution in [3.05, 3.63) is 39.3 Å². The number of phenols is 1. The molecule has 0 radical (unpaired) electrons. The van der Waals surface area contributed by atoms with Gasteiger partial charge in [-0.1, -0.05) is 11.6 Å². The minimum Gasteiger partial charge on any atom is -0.506 e. The predicted octanol–water partition coefficient (Wildman–Crippen LogP) is 4.07.